The van der Waals surface area contributed by atoms with Crippen molar-refractivity contribution in [1.82, 2.24) is 4.98 Å². The molecule has 0 spiro atoms. The van der Waals surface area contributed by atoms with Crippen molar-refractivity contribution in [2.24, 2.45) is 5.92 Å². The van der Waals surface area contributed by atoms with Crippen molar-refractivity contribution < 1.29 is 14.4 Å². The van der Waals surface area contributed by atoms with E-state index >= 15 is 0 Å². The zero-order valence-electron chi connectivity index (χ0n) is 14.6. The van der Waals surface area contributed by atoms with Gasteiger partial charge >= 0.3 is 5.97 Å². The zero-order chi connectivity index (χ0) is 17.3. The summed E-state index contributed by atoms with van der Waals surface area (Å²) < 4.78 is 4.76. The van der Waals surface area contributed by atoms with Gasteiger partial charge in [-0.1, -0.05) is 6.92 Å². The maximum absolute atomic E-state index is 13.0. The number of aromatic amines is 1. The molecule has 2 atom stereocenters. The number of aryl methyl sites for hydroxylation is 1. The molecule has 1 aliphatic heterocycles. The zero-order valence-corrected chi connectivity index (χ0v) is 14.6. The van der Waals surface area contributed by atoms with Gasteiger partial charge in [-0.2, -0.15) is 0 Å². The van der Waals surface area contributed by atoms with Crippen molar-refractivity contribution in [2.45, 2.75) is 33.2 Å². The summed E-state index contributed by atoms with van der Waals surface area (Å²) in [6.45, 7) is 7.20. The number of benzene rings is 1. The third-order valence-electron chi connectivity index (χ3n) is 5.03. The normalized spacial score (nSPS) is 21.0. The summed E-state index contributed by atoms with van der Waals surface area (Å²) in [7, 11) is 1.35. The molecule has 1 fully saturated rings. The second kappa shape index (κ2) is 6.77. The van der Waals surface area contributed by atoms with Crippen molar-refractivity contribution >= 4 is 16.9 Å². The van der Waals surface area contributed by atoms with Crippen LogP contribution in [0.4, 0.5) is 0 Å². The highest BCUT2D eigenvalue weighted by Gasteiger charge is 2.22. The van der Waals surface area contributed by atoms with E-state index in [1.54, 1.807) is 18.2 Å². The highest BCUT2D eigenvalue weighted by Crippen LogP contribution is 2.14. The van der Waals surface area contributed by atoms with Gasteiger partial charge in [-0.3, -0.25) is 4.79 Å². The van der Waals surface area contributed by atoms with Gasteiger partial charge in [0.15, 0.2) is 5.43 Å². The predicted octanol–water partition coefficient (Wildman–Crippen LogP) is 1.44. The quantitative estimate of drug-likeness (QED) is 0.838. The van der Waals surface area contributed by atoms with Gasteiger partial charge in [0.1, 0.15) is 6.54 Å². The van der Waals surface area contributed by atoms with E-state index in [0.717, 1.165) is 36.4 Å². The van der Waals surface area contributed by atoms with Crippen molar-refractivity contribution in [3.8, 4) is 0 Å². The second-order valence-corrected chi connectivity index (χ2v) is 6.94. The van der Waals surface area contributed by atoms with Crippen molar-refractivity contribution in [1.29, 1.82) is 0 Å². The number of piperidine rings is 1. The fourth-order valence-corrected chi connectivity index (χ4v) is 3.72. The molecule has 1 aliphatic rings. The van der Waals surface area contributed by atoms with E-state index in [0.29, 0.717) is 16.9 Å². The summed E-state index contributed by atoms with van der Waals surface area (Å²) in [6, 6.07) is 5.09. The van der Waals surface area contributed by atoms with Gasteiger partial charge in [0.2, 0.25) is 0 Å². The van der Waals surface area contributed by atoms with Gasteiger partial charge < -0.3 is 14.6 Å². The van der Waals surface area contributed by atoms with Gasteiger partial charge in [0.05, 0.1) is 31.3 Å². The number of likely N-dealkylation sites (tertiary alicyclic amines) is 1. The average Bonchev–Trinajstić information content (AvgIpc) is 2.58. The summed E-state index contributed by atoms with van der Waals surface area (Å²) in [6.07, 6.45) is 2.49. The largest absolute Gasteiger partial charge is 0.465 e. The fourth-order valence-electron chi connectivity index (χ4n) is 3.72. The minimum atomic E-state index is -0.422. The standard InChI is InChI=1S/C19H24N2O3/c1-12-5-4-8-21(10-12)11-16-13(2)20-17-7-6-14(19(23)24-3)9-15(17)18(16)22/h6-7,9,12H,4-5,8,10-11H2,1-3H3,(H,20,22)/p+1. The van der Waals surface area contributed by atoms with Crippen LogP contribution >= 0.6 is 0 Å². The van der Waals surface area contributed by atoms with Gasteiger partial charge in [-0.25, -0.2) is 4.79 Å². The molecule has 3 rings (SSSR count). The monoisotopic (exact) mass is 329 g/mol. The molecule has 5 heteroatoms. The molecule has 1 aromatic carbocycles. The topological polar surface area (TPSA) is 63.6 Å². The number of methoxy groups -OCH3 is 1. The lowest BCUT2D eigenvalue weighted by Crippen LogP contribution is -3.12. The SMILES string of the molecule is COC(=O)c1ccc2[nH]c(C)c(C[NH+]3CCCC(C)C3)c(=O)c2c1. The molecule has 0 radical (unpaired) electrons. The minimum Gasteiger partial charge on any atom is -0.465 e. The predicted molar refractivity (Wildman–Crippen MR) is 93.4 cm³/mol. The molecule has 2 aromatic rings. The number of H-pyrrole nitrogens is 1. The Bertz CT molecular complexity index is 825. The Morgan fingerprint density at radius 2 is 2.21 bits per heavy atom. The molecule has 2 heterocycles. The number of ether oxygens (including phenoxy) is 1. The Morgan fingerprint density at radius 3 is 2.92 bits per heavy atom. The van der Waals surface area contributed by atoms with Crippen molar-refractivity contribution in [3.05, 3.63) is 45.2 Å². The summed E-state index contributed by atoms with van der Waals surface area (Å²) in [5.41, 5.74) is 2.94. The van der Waals surface area contributed by atoms with Crippen LogP contribution in [0.15, 0.2) is 23.0 Å². The van der Waals surface area contributed by atoms with Gasteiger partial charge in [-0.05, 0) is 38.0 Å². The van der Waals surface area contributed by atoms with Crippen LogP contribution in [0, 0.1) is 12.8 Å². The minimum absolute atomic E-state index is 0.0257. The van der Waals surface area contributed by atoms with Gasteiger partial charge in [-0.15, -0.1) is 0 Å². The first kappa shape index (κ1) is 16.7. The number of rotatable bonds is 3. The van der Waals surface area contributed by atoms with E-state index in [1.165, 1.54) is 24.9 Å². The van der Waals surface area contributed by atoms with Crippen molar-refractivity contribution in [3.63, 3.8) is 0 Å². The molecule has 2 unspecified atom stereocenters. The summed E-state index contributed by atoms with van der Waals surface area (Å²) >= 11 is 0. The maximum Gasteiger partial charge on any atom is 0.337 e. The molecule has 2 N–H and O–H groups in total. The smallest absolute Gasteiger partial charge is 0.337 e. The van der Waals surface area contributed by atoms with E-state index in [9.17, 15) is 9.59 Å². The maximum atomic E-state index is 13.0. The number of quaternary nitrogens is 1. The molecule has 0 saturated carbocycles. The van der Waals surface area contributed by atoms with E-state index in [2.05, 4.69) is 11.9 Å². The first-order valence-electron chi connectivity index (χ1n) is 8.57. The average molecular weight is 329 g/mol. The number of fused-ring (bicyclic) bond motifs is 1. The third kappa shape index (κ3) is 3.22. The summed E-state index contributed by atoms with van der Waals surface area (Å²) in [5.74, 6) is 0.286. The van der Waals surface area contributed by atoms with Crippen LogP contribution in [-0.4, -0.2) is 31.2 Å². The summed E-state index contributed by atoms with van der Waals surface area (Å²) in [4.78, 5) is 29.5. The highest BCUT2D eigenvalue weighted by atomic mass is 16.5. The molecule has 5 nitrogen and oxygen atoms in total. The van der Waals surface area contributed by atoms with E-state index in [4.69, 9.17) is 4.74 Å². The second-order valence-electron chi connectivity index (χ2n) is 6.94. The first-order chi connectivity index (χ1) is 11.5. The van der Waals surface area contributed by atoms with E-state index in [1.807, 2.05) is 6.92 Å². The number of carbonyl (C=O) groups is 1. The molecular formula is C19H25N2O3+. The number of carbonyl (C=O) groups excluding carboxylic acids is 1. The lowest BCUT2D eigenvalue weighted by atomic mass is 9.99. The molecule has 24 heavy (non-hydrogen) atoms. The number of hydrogen-bond donors (Lipinski definition) is 2. The number of hydrogen-bond acceptors (Lipinski definition) is 3. The Balaban J connectivity index is 2.01. The highest BCUT2D eigenvalue weighted by molar-refractivity contribution is 5.94. The van der Waals surface area contributed by atoms with Crippen LogP contribution in [0.3, 0.4) is 0 Å². The van der Waals surface area contributed by atoms with Crippen molar-refractivity contribution in [2.75, 3.05) is 20.2 Å². The molecule has 0 aliphatic carbocycles. The number of pyridine rings is 1. The Hall–Kier alpha value is -2.14. The fraction of sp³-hybridized carbons (Fsp3) is 0.474. The lowest BCUT2D eigenvalue weighted by molar-refractivity contribution is -0.922. The molecular weight excluding hydrogens is 304 g/mol. The third-order valence-corrected chi connectivity index (χ3v) is 5.03. The number of esters is 1. The molecule has 128 valence electrons. The first-order valence-corrected chi connectivity index (χ1v) is 8.57. The van der Waals surface area contributed by atoms with E-state index < -0.39 is 5.97 Å². The van der Waals surface area contributed by atoms with Crippen LogP contribution in [0.5, 0.6) is 0 Å². The van der Waals surface area contributed by atoms with Gasteiger partial charge in [0.25, 0.3) is 0 Å². The van der Waals surface area contributed by atoms with Crippen LogP contribution in [0.1, 0.15) is 41.4 Å². The Morgan fingerprint density at radius 1 is 1.42 bits per heavy atom. The van der Waals surface area contributed by atoms with Gasteiger partial charge in [0, 0.05) is 22.5 Å². The molecule has 0 amide bonds. The Kier molecular flexibility index (Phi) is 4.71. The molecule has 1 aromatic heterocycles. The van der Waals surface area contributed by atoms with Crippen LogP contribution in [0.25, 0.3) is 10.9 Å². The molecule has 1 saturated heterocycles. The molecule has 0 bridgehead atoms. The van der Waals surface area contributed by atoms with E-state index in [-0.39, 0.29) is 5.43 Å². The Labute approximate surface area is 141 Å². The number of aromatic nitrogens is 1. The van der Waals surface area contributed by atoms with Crippen LogP contribution in [-0.2, 0) is 11.3 Å². The summed E-state index contributed by atoms with van der Waals surface area (Å²) in [5, 5.41) is 0.558. The van der Waals surface area contributed by atoms with Crippen LogP contribution < -0.4 is 10.3 Å². The van der Waals surface area contributed by atoms with Crippen LogP contribution in [0.2, 0.25) is 0 Å². The lowest BCUT2D eigenvalue weighted by Gasteiger charge is -2.28. The number of nitrogens with one attached hydrogen (secondary N) is 2.